The minimum absolute atomic E-state index is 0.0352. The third kappa shape index (κ3) is 5.31. The Morgan fingerprint density at radius 1 is 1.00 bits per heavy atom. The molecule has 5 aromatic rings. The van der Waals surface area contributed by atoms with Crippen molar-refractivity contribution in [2.75, 3.05) is 32.0 Å². The topological polar surface area (TPSA) is 138 Å². The lowest BCUT2D eigenvalue weighted by molar-refractivity contribution is -0.133. The van der Waals surface area contributed by atoms with E-state index in [1.54, 1.807) is 10.9 Å². The van der Waals surface area contributed by atoms with Crippen molar-refractivity contribution in [2.45, 2.75) is 56.7 Å². The number of nitrogens with zero attached hydrogens (tertiary/aromatic N) is 7. The number of hydrogen-bond donors (Lipinski definition) is 2. The van der Waals surface area contributed by atoms with Crippen LogP contribution in [0.3, 0.4) is 0 Å². The highest BCUT2D eigenvalue weighted by molar-refractivity contribution is 5.83. The summed E-state index contributed by atoms with van der Waals surface area (Å²) >= 11 is 0. The number of nitrogens with one attached hydrogen (secondary N) is 1. The van der Waals surface area contributed by atoms with Crippen LogP contribution in [0, 0.1) is 5.92 Å². The molecule has 1 atom stereocenters. The summed E-state index contributed by atoms with van der Waals surface area (Å²) in [6.07, 6.45) is 9.75. The monoisotopic (exact) mass is 631 g/mol. The number of nitrogen functional groups attached to an aromatic ring is 1. The van der Waals surface area contributed by atoms with Gasteiger partial charge in [-0.25, -0.2) is 19.6 Å². The van der Waals surface area contributed by atoms with E-state index in [1.165, 1.54) is 11.1 Å². The molecule has 1 saturated carbocycles. The molecule has 12 nitrogen and oxygen atoms in total. The van der Waals surface area contributed by atoms with E-state index in [9.17, 15) is 4.79 Å². The second-order valence-electron chi connectivity index (χ2n) is 13.1. The summed E-state index contributed by atoms with van der Waals surface area (Å²) in [5.74, 6) is 2.95. The second kappa shape index (κ2) is 11.5. The fourth-order valence-electron chi connectivity index (χ4n) is 7.11. The molecule has 240 valence electrons. The Kier molecular flexibility index (Phi) is 6.93. The number of carbonyl (C=O) groups excluding carboxylic acids is 1. The van der Waals surface area contributed by atoms with Crippen LogP contribution in [0.25, 0.3) is 34.1 Å². The van der Waals surface area contributed by atoms with E-state index >= 15 is 0 Å². The number of likely N-dealkylation sites (tertiary alicyclic amines) is 1. The minimum Gasteiger partial charge on any atom is -0.468 e. The zero-order valence-electron chi connectivity index (χ0n) is 26.1. The molecule has 4 aromatic heterocycles. The maximum Gasteiger partial charge on any atom is 0.233 e. The SMILES string of the molecule is Nc1ncccc1-c1nc2ccc(-n3ccc(OC4COC4)n3)nc2n1-c1ccc2c(c1)CC[C@@H]2NC1CCN(C(=O)C2CC2)CC1. The lowest BCUT2D eigenvalue weighted by atomic mass is 10.0. The Bertz CT molecular complexity index is 1970. The summed E-state index contributed by atoms with van der Waals surface area (Å²) in [6.45, 7) is 2.87. The van der Waals surface area contributed by atoms with Gasteiger partial charge in [-0.15, -0.1) is 5.10 Å². The van der Waals surface area contributed by atoms with Gasteiger partial charge in [0, 0.05) is 55.2 Å². The number of nitrogens with two attached hydrogens (primary N) is 1. The number of rotatable bonds is 8. The summed E-state index contributed by atoms with van der Waals surface area (Å²) in [6, 6.07) is 16.9. The summed E-state index contributed by atoms with van der Waals surface area (Å²) < 4.78 is 14.9. The smallest absolute Gasteiger partial charge is 0.233 e. The number of ether oxygens (including phenoxy) is 2. The highest BCUT2D eigenvalue weighted by Gasteiger charge is 2.35. The van der Waals surface area contributed by atoms with Gasteiger partial charge in [0.2, 0.25) is 11.8 Å². The van der Waals surface area contributed by atoms with Crippen LogP contribution in [0.2, 0.25) is 0 Å². The van der Waals surface area contributed by atoms with E-state index < -0.39 is 0 Å². The molecule has 0 bridgehead atoms. The first-order chi connectivity index (χ1) is 23.1. The fourth-order valence-corrected chi connectivity index (χ4v) is 7.11. The molecule has 2 saturated heterocycles. The number of benzene rings is 1. The zero-order valence-corrected chi connectivity index (χ0v) is 26.1. The molecule has 0 spiro atoms. The number of aryl methyl sites for hydroxylation is 1. The Balaban J connectivity index is 1.02. The largest absolute Gasteiger partial charge is 0.468 e. The average molecular weight is 632 g/mol. The van der Waals surface area contributed by atoms with Crippen molar-refractivity contribution in [3.8, 4) is 28.8 Å². The summed E-state index contributed by atoms with van der Waals surface area (Å²) in [7, 11) is 0. The first-order valence-corrected chi connectivity index (χ1v) is 16.7. The highest BCUT2D eigenvalue weighted by atomic mass is 16.6. The van der Waals surface area contributed by atoms with Crippen molar-refractivity contribution in [3.63, 3.8) is 0 Å². The van der Waals surface area contributed by atoms with Crippen LogP contribution in [0.4, 0.5) is 5.82 Å². The van der Waals surface area contributed by atoms with Gasteiger partial charge >= 0.3 is 0 Å². The van der Waals surface area contributed by atoms with Gasteiger partial charge in [0.25, 0.3) is 0 Å². The molecular weight excluding hydrogens is 594 g/mol. The van der Waals surface area contributed by atoms with Crippen molar-refractivity contribution >= 4 is 22.9 Å². The predicted octanol–water partition coefficient (Wildman–Crippen LogP) is 4.01. The average Bonchev–Trinajstić information content (AvgIpc) is 3.51. The van der Waals surface area contributed by atoms with Gasteiger partial charge in [-0.05, 0) is 86.1 Å². The Morgan fingerprint density at radius 3 is 2.66 bits per heavy atom. The Hall–Kier alpha value is -4.81. The standard InChI is InChI=1S/C35H37N9O3/c36-32-27(2-1-14-37-32)33-39-29-9-10-30(43-17-13-31(41-43)47-25-19-46-20-25)40-34(29)44(33)24-6-7-26-22(18-24)5-8-28(26)38-23-11-15-42(16-12-23)35(45)21-3-4-21/h1-2,6-7,9-10,13-14,17-18,21,23,25,28,38H,3-5,8,11-12,15-16,19-20H2,(H2,36,37)/t28-/m0/s1. The molecule has 9 rings (SSSR count). The minimum atomic E-state index is 0.0352. The molecule has 2 aliphatic carbocycles. The maximum absolute atomic E-state index is 12.5. The second-order valence-corrected chi connectivity index (χ2v) is 13.1. The van der Waals surface area contributed by atoms with Crippen LogP contribution in [0.15, 0.2) is 60.9 Å². The Morgan fingerprint density at radius 2 is 1.87 bits per heavy atom. The number of amides is 1. The molecular formula is C35H37N9O3. The zero-order chi connectivity index (χ0) is 31.5. The summed E-state index contributed by atoms with van der Waals surface area (Å²) in [5, 5.41) is 8.54. The van der Waals surface area contributed by atoms with Gasteiger partial charge in [-0.3, -0.25) is 9.36 Å². The number of fused-ring (bicyclic) bond motifs is 2. The number of piperidine rings is 1. The fraction of sp³-hybridized carbons (Fsp3) is 0.400. The Labute approximate surface area is 271 Å². The summed E-state index contributed by atoms with van der Waals surface area (Å²) in [5.41, 5.74) is 12.2. The lowest BCUT2D eigenvalue weighted by Crippen LogP contribution is -2.46. The lowest BCUT2D eigenvalue weighted by Gasteiger charge is -2.34. The molecule has 47 heavy (non-hydrogen) atoms. The molecule has 1 amide bonds. The van der Waals surface area contributed by atoms with Gasteiger partial charge < -0.3 is 25.4 Å². The van der Waals surface area contributed by atoms with Crippen molar-refractivity contribution < 1.29 is 14.3 Å². The van der Waals surface area contributed by atoms with Crippen LogP contribution < -0.4 is 15.8 Å². The van der Waals surface area contributed by atoms with E-state index in [0.717, 1.165) is 68.4 Å². The first kappa shape index (κ1) is 28.4. The van der Waals surface area contributed by atoms with Gasteiger partial charge in [-0.2, -0.15) is 0 Å². The van der Waals surface area contributed by atoms with Crippen LogP contribution in [0.5, 0.6) is 5.88 Å². The number of aromatic nitrogens is 6. The van der Waals surface area contributed by atoms with E-state index in [0.29, 0.717) is 66.1 Å². The number of hydrogen-bond acceptors (Lipinski definition) is 9. The molecule has 12 heteroatoms. The summed E-state index contributed by atoms with van der Waals surface area (Å²) in [4.78, 5) is 29.0. The van der Waals surface area contributed by atoms with Crippen molar-refractivity contribution in [3.05, 3.63) is 72.1 Å². The van der Waals surface area contributed by atoms with Crippen molar-refractivity contribution in [2.24, 2.45) is 5.92 Å². The van der Waals surface area contributed by atoms with Crippen molar-refractivity contribution in [1.29, 1.82) is 0 Å². The normalized spacial score (nSPS) is 20.0. The van der Waals surface area contributed by atoms with E-state index in [2.05, 4.69) is 43.1 Å². The molecule has 0 unspecified atom stereocenters. The highest BCUT2D eigenvalue weighted by Crippen LogP contribution is 2.37. The number of anilines is 1. The quantitative estimate of drug-likeness (QED) is 0.260. The van der Waals surface area contributed by atoms with E-state index in [4.69, 9.17) is 25.2 Å². The third-order valence-corrected chi connectivity index (χ3v) is 9.90. The van der Waals surface area contributed by atoms with Crippen LogP contribution >= 0.6 is 0 Å². The molecule has 4 aliphatic rings. The van der Waals surface area contributed by atoms with Gasteiger partial charge in [0.05, 0.1) is 18.8 Å². The third-order valence-electron chi connectivity index (χ3n) is 9.90. The maximum atomic E-state index is 12.5. The molecule has 2 aliphatic heterocycles. The van der Waals surface area contributed by atoms with Gasteiger partial charge in [0.1, 0.15) is 17.4 Å². The molecule has 3 N–H and O–H groups in total. The van der Waals surface area contributed by atoms with Crippen LogP contribution in [-0.4, -0.2) is 78.6 Å². The first-order valence-electron chi connectivity index (χ1n) is 16.7. The van der Waals surface area contributed by atoms with Gasteiger partial charge in [0.15, 0.2) is 17.3 Å². The molecule has 6 heterocycles. The predicted molar refractivity (Wildman–Crippen MR) is 175 cm³/mol. The number of pyridine rings is 2. The van der Waals surface area contributed by atoms with Crippen LogP contribution in [0.1, 0.15) is 49.3 Å². The van der Waals surface area contributed by atoms with E-state index in [1.807, 2.05) is 36.5 Å². The van der Waals surface area contributed by atoms with Gasteiger partial charge in [-0.1, -0.05) is 6.07 Å². The molecule has 1 aromatic carbocycles. The van der Waals surface area contributed by atoms with Crippen molar-refractivity contribution in [1.82, 2.24) is 39.5 Å². The number of carbonyl (C=O) groups is 1. The molecule has 3 fully saturated rings. The van der Waals surface area contributed by atoms with Crippen LogP contribution in [-0.2, 0) is 16.0 Å². The van der Waals surface area contributed by atoms with E-state index in [-0.39, 0.29) is 6.10 Å². The number of imidazole rings is 1. The molecule has 0 radical (unpaired) electrons.